The quantitative estimate of drug-likeness (QED) is 0.788. The number of carbonyl (C=O) groups excluding carboxylic acids is 1. The second kappa shape index (κ2) is 6.39. The van der Waals surface area contributed by atoms with E-state index < -0.39 is 5.82 Å². The fourth-order valence-electron chi connectivity index (χ4n) is 1.67. The van der Waals surface area contributed by atoms with Crippen LogP contribution >= 0.6 is 11.6 Å². The molecule has 2 aromatic rings. The fraction of sp³-hybridized carbons (Fsp3) is 0.133. The normalized spacial score (nSPS) is 10.2. The Morgan fingerprint density at radius 3 is 2.70 bits per heavy atom. The molecule has 0 amide bonds. The predicted octanol–water partition coefficient (Wildman–Crippen LogP) is 3.75. The van der Waals surface area contributed by atoms with Crippen LogP contribution in [0.4, 0.5) is 4.39 Å². The molecule has 20 heavy (non-hydrogen) atoms. The molecule has 0 aliphatic rings. The summed E-state index contributed by atoms with van der Waals surface area (Å²) in [5.74, 6) is -0.120. The lowest BCUT2D eigenvalue weighted by Gasteiger charge is -2.09. The standard InChI is InChI=1S/C15H12ClFO3/c1-19-15-5-3-2-4-11(15)14(18)9-20-10-6-7-12(16)13(17)8-10/h2-8H,9H2,1H3. The lowest BCUT2D eigenvalue weighted by atomic mass is 10.1. The number of hydrogen-bond donors (Lipinski definition) is 0. The lowest BCUT2D eigenvalue weighted by Crippen LogP contribution is -2.12. The highest BCUT2D eigenvalue weighted by atomic mass is 35.5. The van der Waals surface area contributed by atoms with Gasteiger partial charge in [-0.1, -0.05) is 23.7 Å². The Bertz CT molecular complexity index is 628. The van der Waals surface area contributed by atoms with Gasteiger partial charge in [-0.15, -0.1) is 0 Å². The Hall–Kier alpha value is -2.07. The molecule has 0 aromatic heterocycles. The first-order valence-corrected chi connectivity index (χ1v) is 6.23. The number of Topliss-reactive ketones (excluding diaryl/α,β-unsaturated/α-hetero) is 1. The minimum Gasteiger partial charge on any atom is -0.496 e. The molecule has 0 saturated carbocycles. The molecule has 3 nitrogen and oxygen atoms in total. The van der Waals surface area contributed by atoms with Gasteiger partial charge in [-0.25, -0.2) is 4.39 Å². The predicted molar refractivity (Wildman–Crippen MR) is 74.2 cm³/mol. The van der Waals surface area contributed by atoms with Crippen LogP contribution in [0, 0.1) is 5.82 Å². The number of ether oxygens (including phenoxy) is 2. The molecule has 0 bridgehead atoms. The van der Waals surface area contributed by atoms with E-state index in [2.05, 4.69) is 0 Å². The van der Waals surface area contributed by atoms with E-state index in [1.165, 1.54) is 19.2 Å². The number of benzene rings is 2. The first-order valence-electron chi connectivity index (χ1n) is 5.86. The van der Waals surface area contributed by atoms with E-state index in [1.54, 1.807) is 24.3 Å². The summed E-state index contributed by atoms with van der Waals surface area (Å²) in [7, 11) is 1.49. The Morgan fingerprint density at radius 2 is 2.00 bits per heavy atom. The molecular weight excluding hydrogens is 283 g/mol. The Kier molecular flexibility index (Phi) is 4.58. The van der Waals surface area contributed by atoms with Crippen molar-refractivity contribution < 1.29 is 18.7 Å². The van der Waals surface area contributed by atoms with Crippen molar-refractivity contribution in [3.05, 3.63) is 58.9 Å². The molecule has 0 atom stereocenters. The van der Waals surface area contributed by atoms with Gasteiger partial charge in [0.05, 0.1) is 17.7 Å². The minimum absolute atomic E-state index is 0.00778. The molecule has 2 rings (SSSR count). The van der Waals surface area contributed by atoms with Gasteiger partial charge in [-0.3, -0.25) is 4.79 Å². The van der Waals surface area contributed by atoms with Crippen LogP contribution in [0.2, 0.25) is 5.02 Å². The smallest absolute Gasteiger partial charge is 0.203 e. The first-order chi connectivity index (χ1) is 9.61. The van der Waals surface area contributed by atoms with Gasteiger partial charge in [0.25, 0.3) is 0 Å². The maximum absolute atomic E-state index is 13.2. The molecule has 0 aliphatic carbocycles. The van der Waals surface area contributed by atoms with Crippen LogP contribution in [0.3, 0.4) is 0 Å². The van der Waals surface area contributed by atoms with Gasteiger partial charge in [0.15, 0.2) is 6.61 Å². The molecule has 104 valence electrons. The van der Waals surface area contributed by atoms with Gasteiger partial charge in [0, 0.05) is 6.07 Å². The van der Waals surface area contributed by atoms with Crippen molar-refractivity contribution in [3.8, 4) is 11.5 Å². The van der Waals surface area contributed by atoms with Crippen molar-refractivity contribution in [2.24, 2.45) is 0 Å². The summed E-state index contributed by atoms with van der Waals surface area (Å²) < 4.78 is 23.6. The summed E-state index contributed by atoms with van der Waals surface area (Å²) in [5.41, 5.74) is 0.421. The Labute approximate surface area is 120 Å². The van der Waals surface area contributed by atoms with Gasteiger partial charge in [0.1, 0.15) is 17.3 Å². The van der Waals surface area contributed by atoms with Crippen molar-refractivity contribution in [1.82, 2.24) is 0 Å². The average Bonchev–Trinajstić information content (AvgIpc) is 2.48. The van der Waals surface area contributed by atoms with Crippen molar-refractivity contribution >= 4 is 17.4 Å². The number of hydrogen-bond acceptors (Lipinski definition) is 3. The number of halogens is 2. The monoisotopic (exact) mass is 294 g/mol. The average molecular weight is 295 g/mol. The van der Waals surface area contributed by atoms with E-state index >= 15 is 0 Å². The van der Waals surface area contributed by atoms with Crippen LogP contribution in [0.15, 0.2) is 42.5 Å². The summed E-state index contributed by atoms with van der Waals surface area (Å²) in [6, 6.07) is 10.9. The van der Waals surface area contributed by atoms with Crippen molar-refractivity contribution in [3.63, 3.8) is 0 Å². The second-order valence-electron chi connectivity index (χ2n) is 3.99. The van der Waals surface area contributed by atoms with Crippen LogP contribution in [0.25, 0.3) is 0 Å². The minimum atomic E-state index is -0.589. The molecule has 0 radical (unpaired) electrons. The van der Waals surface area contributed by atoms with E-state index in [-0.39, 0.29) is 23.2 Å². The van der Waals surface area contributed by atoms with E-state index in [0.717, 1.165) is 6.07 Å². The summed E-state index contributed by atoms with van der Waals surface area (Å²) in [6.07, 6.45) is 0. The maximum atomic E-state index is 13.2. The number of rotatable bonds is 5. The van der Waals surface area contributed by atoms with E-state index in [1.807, 2.05) is 0 Å². The van der Waals surface area contributed by atoms with Gasteiger partial charge >= 0.3 is 0 Å². The zero-order valence-corrected chi connectivity index (χ0v) is 11.5. The largest absolute Gasteiger partial charge is 0.496 e. The van der Waals surface area contributed by atoms with Crippen LogP contribution in [-0.4, -0.2) is 19.5 Å². The number of methoxy groups -OCH3 is 1. The van der Waals surface area contributed by atoms with Gasteiger partial charge < -0.3 is 9.47 Å². The van der Waals surface area contributed by atoms with Crippen LogP contribution in [-0.2, 0) is 0 Å². The zero-order chi connectivity index (χ0) is 14.5. The van der Waals surface area contributed by atoms with Gasteiger partial charge in [-0.05, 0) is 24.3 Å². The molecule has 2 aromatic carbocycles. The van der Waals surface area contributed by atoms with Crippen molar-refractivity contribution in [2.45, 2.75) is 0 Å². The third-order valence-corrected chi connectivity index (χ3v) is 2.97. The van der Waals surface area contributed by atoms with Crippen LogP contribution in [0.1, 0.15) is 10.4 Å². The summed E-state index contributed by atoms with van der Waals surface area (Å²) >= 11 is 5.56. The fourth-order valence-corrected chi connectivity index (χ4v) is 1.79. The SMILES string of the molecule is COc1ccccc1C(=O)COc1ccc(Cl)c(F)c1. The van der Waals surface area contributed by atoms with E-state index in [9.17, 15) is 9.18 Å². The molecule has 0 spiro atoms. The Morgan fingerprint density at radius 1 is 1.25 bits per heavy atom. The van der Waals surface area contributed by atoms with Crippen LogP contribution < -0.4 is 9.47 Å². The van der Waals surface area contributed by atoms with Crippen molar-refractivity contribution in [1.29, 1.82) is 0 Å². The number of carbonyl (C=O) groups is 1. The molecule has 0 fully saturated rings. The van der Waals surface area contributed by atoms with E-state index in [4.69, 9.17) is 21.1 Å². The molecule has 0 unspecified atom stereocenters. The highest BCUT2D eigenvalue weighted by molar-refractivity contribution is 6.30. The molecule has 0 aliphatic heterocycles. The van der Waals surface area contributed by atoms with Gasteiger partial charge in [-0.2, -0.15) is 0 Å². The maximum Gasteiger partial charge on any atom is 0.203 e. The van der Waals surface area contributed by atoms with Crippen LogP contribution in [0.5, 0.6) is 11.5 Å². The zero-order valence-electron chi connectivity index (χ0n) is 10.7. The summed E-state index contributed by atoms with van der Waals surface area (Å²) in [5, 5.41) is 0.00778. The molecular formula is C15H12ClFO3. The highest BCUT2D eigenvalue weighted by Gasteiger charge is 2.12. The lowest BCUT2D eigenvalue weighted by molar-refractivity contribution is 0.0918. The third kappa shape index (κ3) is 3.27. The molecule has 5 heteroatoms. The molecule has 0 saturated heterocycles. The topological polar surface area (TPSA) is 35.5 Å². The number of ketones is 1. The molecule has 0 N–H and O–H groups in total. The van der Waals surface area contributed by atoms with Gasteiger partial charge in [0.2, 0.25) is 5.78 Å². The highest BCUT2D eigenvalue weighted by Crippen LogP contribution is 2.22. The second-order valence-corrected chi connectivity index (χ2v) is 4.40. The summed E-state index contributed by atoms with van der Waals surface area (Å²) in [4.78, 5) is 12.0. The first kappa shape index (κ1) is 14.3. The van der Waals surface area contributed by atoms with E-state index in [0.29, 0.717) is 11.3 Å². The molecule has 0 heterocycles. The van der Waals surface area contributed by atoms with Crippen molar-refractivity contribution in [2.75, 3.05) is 13.7 Å². The number of para-hydroxylation sites is 1. The summed E-state index contributed by atoms with van der Waals surface area (Å²) in [6.45, 7) is -0.207. The third-order valence-electron chi connectivity index (χ3n) is 2.67. The Balaban J connectivity index is 2.06.